The van der Waals surface area contributed by atoms with Crippen molar-refractivity contribution < 1.29 is 9.53 Å². The topological polar surface area (TPSA) is 44.1 Å². The van der Waals surface area contributed by atoms with Crippen LogP contribution >= 0.6 is 0 Å². The molecule has 136 valence electrons. The van der Waals surface area contributed by atoms with Gasteiger partial charge < -0.3 is 4.74 Å². The first-order valence-electron chi connectivity index (χ1n) is 9.10. The Kier molecular flexibility index (Phi) is 4.73. The summed E-state index contributed by atoms with van der Waals surface area (Å²) >= 11 is 0. The second-order valence-corrected chi connectivity index (χ2v) is 6.96. The van der Waals surface area contributed by atoms with Crippen LogP contribution < -0.4 is 0 Å². The van der Waals surface area contributed by atoms with Gasteiger partial charge in [-0.05, 0) is 23.6 Å². The van der Waals surface area contributed by atoms with Crippen molar-refractivity contribution in [1.82, 2.24) is 9.78 Å². The fourth-order valence-corrected chi connectivity index (χ4v) is 3.60. The number of fused-ring (bicyclic) bond motifs is 1. The van der Waals surface area contributed by atoms with Crippen LogP contribution in [-0.2, 0) is 17.6 Å². The quantitative estimate of drug-likeness (QED) is 0.686. The monoisotopic (exact) mass is 358 g/mol. The number of benzene rings is 2. The second kappa shape index (κ2) is 7.33. The molecule has 3 aromatic rings. The number of allylic oxidation sites excluding steroid dienone is 1. The summed E-state index contributed by atoms with van der Waals surface area (Å²) < 4.78 is 6.82. The number of aromatic nitrogens is 2. The van der Waals surface area contributed by atoms with Crippen LogP contribution in [0.4, 0.5) is 0 Å². The molecule has 27 heavy (non-hydrogen) atoms. The molecule has 0 saturated carbocycles. The highest BCUT2D eigenvalue weighted by Crippen LogP contribution is 2.33. The standard InChI is InChI=1S/C23H22N2O2/c1-16-8-10-19(11-9-16)23-20(12-17-6-4-3-5-7-17)24-25-21(23)13-18(15-27-2)14-22(25)26/h3-11,14H,12-13,15H2,1-2H3. The van der Waals surface area contributed by atoms with Gasteiger partial charge in [-0.2, -0.15) is 5.10 Å². The summed E-state index contributed by atoms with van der Waals surface area (Å²) in [5.41, 5.74) is 7.41. The largest absolute Gasteiger partial charge is 0.380 e. The van der Waals surface area contributed by atoms with Gasteiger partial charge in [0.05, 0.1) is 18.0 Å². The molecule has 0 unspecified atom stereocenters. The van der Waals surface area contributed by atoms with Crippen LogP contribution in [0.2, 0.25) is 0 Å². The average Bonchev–Trinajstić information content (AvgIpc) is 3.02. The molecule has 0 atom stereocenters. The zero-order valence-corrected chi connectivity index (χ0v) is 15.6. The van der Waals surface area contributed by atoms with Crippen LogP contribution in [0.25, 0.3) is 11.1 Å². The number of rotatable bonds is 5. The molecule has 0 saturated heterocycles. The number of hydrogen-bond donors (Lipinski definition) is 0. The van der Waals surface area contributed by atoms with Crippen molar-refractivity contribution in [3.8, 4) is 11.1 Å². The molecule has 0 aliphatic carbocycles. The van der Waals surface area contributed by atoms with Crippen molar-refractivity contribution in [1.29, 1.82) is 0 Å². The van der Waals surface area contributed by atoms with E-state index < -0.39 is 0 Å². The predicted molar refractivity (Wildman–Crippen MR) is 106 cm³/mol. The van der Waals surface area contributed by atoms with E-state index in [-0.39, 0.29) is 5.91 Å². The maximum Gasteiger partial charge on any atom is 0.271 e. The number of hydrogen-bond acceptors (Lipinski definition) is 3. The van der Waals surface area contributed by atoms with Gasteiger partial charge in [-0.25, -0.2) is 4.68 Å². The highest BCUT2D eigenvalue weighted by Gasteiger charge is 2.26. The number of nitrogens with zero attached hydrogens (tertiary/aromatic N) is 2. The predicted octanol–water partition coefficient (Wildman–Crippen LogP) is 4.22. The molecule has 0 bridgehead atoms. The van der Waals surface area contributed by atoms with Gasteiger partial charge in [0.1, 0.15) is 0 Å². The Morgan fingerprint density at radius 3 is 2.52 bits per heavy atom. The van der Waals surface area contributed by atoms with Crippen LogP contribution in [0.3, 0.4) is 0 Å². The Balaban J connectivity index is 1.83. The van der Waals surface area contributed by atoms with E-state index in [2.05, 4.69) is 43.3 Å². The maximum absolute atomic E-state index is 12.6. The SMILES string of the molecule is COCC1=CC(=O)n2nc(Cc3ccccc3)c(-c3ccc(C)cc3)c2C1. The van der Waals surface area contributed by atoms with Crippen LogP contribution in [0.15, 0.2) is 66.2 Å². The highest BCUT2D eigenvalue weighted by molar-refractivity contribution is 5.93. The zero-order valence-electron chi connectivity index (χ0n) is 15.6. The first-order valence-corrected chi connectivity index (χ1v) is 9.10. The Labute approximate surface area is 159 Å². The molecule has 0 N–H and O–H groups in total. The van der Waals surface area contributed by atoms with E-state index in [0.717, 1.165) is 28.1 Å². The summed E-state index contributed by atoms with van der Waals surface area (Å²) in [6.07, 6.45) is 3.01. The van der Waals surface area contributed by atoms with Crippen molar-refractivity contribution in [2.24, 2.45) is 0 Å². The molecule has 0 amide bonds. The highest BCUT2D eigenvalue weighted by atomic mass is 16.5. The number of carbonyl (C=O) groups excluding carboxylic acids is 1. The summed E-state index contributed by atoms with van der Waals surface area (Å²) in [5, 5.41) is 4.70. The van der Waals surface area contributed by atoms with Gasteiger partial charge in [-0.1, -0.05) is 60.2 Å². The summed E-state index contributed by atoms with van der Waals surface area (Å²) in [7, 11) is 1.65. The van der Waals surface area contributed by atoms with Crippen molar-refractivity contribution >= 4 is 5.91 Å². The molecule has 4 nitrogen and oxygen atoms in total. The van der Waals surface area contributed by atoms with Crippen LogP contribution in [-0.4, -0.2) is 29.4 Å². The van der Waals surface area contributed by atoms with E-state index in [1.165, 1.54) is 11.1 Å². The van der Waals surface area contributed by atoms with Crippen molar-refractivity contribution in [3.05, 3.63) is 88.8 Å². The van der Waals surface area contributed by atoms with E-state index in [1.54, 1.807) is 17.9 Å². The minimum atomic E-state index is -0.101. The molecule has 2 aromatic carbocycles. The summed E-state index contributed by atoms with van der Waals surface area (Å²) in [6, 6.07) is 18.7. The molecular formula is C23H22N2O2. The Morgan fingerprint density at radius 1 is 1.07 bits per heavy atom. The lowest BCUT2D eigenvalue weighted by molar-refractivity contribution is 0.0942. The van der Waals surface area contributed by atoms with Gasteiger partial charge in [0.25, 0.3) is 5.91 Å². The van der Waals surface area contributed by atoms with Gasteiger partial charge in [0.2, 0.25) is 0 Å². The molecule has 1 aromatic heterocycles. The number of carbonyl (C=O) groups is 1. The van der Waals surface area contributed by atoms with Crippen molar-refractivity contribution in [3.63, 3.8) is 0 Å². The van der Waals surface area contributed by atoms with E-state index in [4.69, 9.17) is 9.84 Å². The number of aryl methyl sites for hydroxylation is 1. The molecule has 1 aliphatic heterocycles. The van der Waals surface area contributed by atoms with Gasteiger partial charge in [-0.3, -0.25) is 4.79 Å². The third-order valence-electron chi connectivity index (χ3n) is 4.87. The lowest BCUT2D eigenvalue weighted by atomic mass is 9.94. The van der Waals surface area contributed by atoms with Crippen LogP contribution in [0.5, 0.6) is 0 Å². The molecular weight excluding hydrogens is 336 g/mol. The van der Waals surface area contributed by atoms with Gasteiger partial charge >= 0.3 is 0 Å². The number of methoxy groups -OCH3 is 1. The third kappa shape index (κ3) is 3.49. The maximum atomic E-state index is 12.6. The van der Waals surface area contributed by atoms with E-state index in [1.807, 2.05) is 18.2 Å². The minimum absolute atomic E-state index is 0.101. The van der Waals surface area contributed by atoms with Gasteiger partial charge in [0.15, 0.2) is 0 Å². The van der Waals surface area contributed by atoms with Crippen LogP contribution in [0.1, 0.15) is 27.3 Å². The average molecular weight is 358 g/mol. The molecule has 0 fully saturated rings. The fraction of sp³-hybridized carbons (Fsp3) is 0.217. The smallest absolute Gasteiger partial charge is 0.271 e. The van der Waals surface area contributed by atoms with Crippen molar-refractivity contribution in [2.75, 3.05) is 13.7 Å². The second-order valence-electron chi connectivity index (χ2n) is 6.96. The first kappa shape index (κ1) is 17.4. The molecule has 0 spiro atoms. The minimum Gasteiger partial charge on any atom is -0.380 e. The van der Waals surface area contributed by atoms with E-state index in [9.17, 15) is 4.79 Å². The van der Waals surface area contributed by atoms with Gasteiger partial charge in [-0.15, -0.1) is 0 Å². The zero-order chi connectivity index (χ0) is 18.8. The first-order chi connectivity index (χ1) is 13.2. The Morgan fingerprint density at radius 2 is 1.81 bits per heavy atom. The summed E-state index contributed by atoms with van der Waals surface area (Å²) in [5.74, 6) is -0.101. The van der Waals surface area contributed by atoms with Crippen LogP contribution in [0, 0.1) is 6.92 Å². The lowest BCUT2D eigenvalue weighted by Crippen LogP contribution is -2.20. The third-order valence-corrected chi connectivity index (χ3v) is 4.87. The molecule has 4 rings (SSSR count). The number of ether oxygens (including phenoxy) is 1. The fourth-order valence-electron chi connectivity index (χ4n) is 3.60. The van der Waals surface area contributed by atoms with E-state index >= 15 is 0 Å². The molecule has 2 heterocycles. The summed E-state index contributed by atoms with van der Waals surface area (Å²) in [4.78, 5) is 12.6. The molecule has 0 radical (unpaired) electrons. The normalized spacial score (nSPS) is 13.4. The Bertz CT molecular complexity index is 999. The lowest BCUT2D eigenvalue weighted by Gasteiger charge is -2.15. The molecule has 4 heteroatoms. The van der Waals surface area contributed by atoms with Gasteiger partial charge in [0, 0.05) is 31.6 Å². The summed E-state index contributed by atoms with van der Waals surface area (Å²) in [6.45, 7) is 2.53. The Hall–Kier alpha value is -2.98. The molecule has 1 aliphatic rings. The van der Waals surface area contributed by atoms with Crippen molar-refractivity contribution in [2.45, 2.75) is 19.8 Å². The van der Waals surface area contributed by atoms with E-state index in [0.29, 0.717) is 19.4 Å².